The Kier molecular flexibility index (Phi) is 2.41. The van der Waals surface area contributed by atoms with Crippen molar-refractivity contribution in [2.24, 2.45) is 0 Å². The first kappa shape index (κ1) is 10.3. The lowest BCUT2D eigenvalue weighted by molar-refractivity contribution is 0.101. The van der Waals surface area contributed by atoms with E-state index in [-0.39, 0.29) is 5.82 Å². The molecule has 0 bridgehead atoms. The van der Waals surface area contributed by atoms with E-state index < -0.39 is 5.91 Å². The van der Waals surface area contributed by atoms with Gasteiger partial charge < -0.3 is 5.32 Å². The monoisotopic (exact) mass is 240 g/mol. The van der Waals surface area contributed by atoms with Gasteiger partial charge in [-0.05, 0) is 22.7 Å². The second kappa shape index (κ2) is 4.21. The van der Waals surface area contributed by atoms with Crippen molar-refractivity contribution in [3.8, 4) is 0 Å². The summed E-state index contributed by atoms with van der Waals surface area (Å²) in [5.74, 6) is -0.420. The Morgan fingerprint density at radius 2 is 2.22 bits per heavy atom. The first-order chi connectivity index (χ1) is 8.84. The highest BCUT2D eigenvalue weighted by Crippen LogP contribution is 2.22. The number of aromatic amines is 1. The van der Waals surface area contributed by atoms with Gasteiger partial charge in [-0.3, -0.25) is 9.78 Å². The predicted octanol–water partition coefficient (Wildman–Crippen LogP) is 1.00. The van der Waals surface area contributed by atoms with Gasteiger partial charge in [0.1, 0.15) is 0 Å². The number of nitrogens with zero attached hydrogens (tertiary/aromatic N) is 4. The summed E-state index contributed by atoms with van der Waals surface area (Å²) in [7, 11) is 0. The zero-order valence-electron chi connectivity index (χ0n) is 9.16. The lowest BCUT2D eigenvalue weighted by Gasteiger charge is -2.06. The molecule has 0 saturated carbocycles. The van der Waals surface area contributed by atoms with Crippen molar-refractivity contribution < 1.29 is 4.79 Å². The zero-order valence-corrected chi connectivity index (χ0v) is 9.16. The van der Waals surface area contributed by atoms with Crippen molar-refractivity contribution >= 4 is 22.4 Å². The van der Waals surface area contributed by atoms with Crippen LogP contribution in [0.3, 0.4) is 0 Å². The summed E-state index contributed by atoms with van der Waals surface area (Å²) in [4.78, 5) is 15.8. The first-order valence-electron chi connectivity index (χ1n) is 5.22. The molecule has 88 valence electrons. The van der Waals surface area contributed by atoms with Gasteiger partial charge in [-0.2, -0.15) is 5.21 Å². The van der Waals surface area contributed by atoms with Gasteiger partial charge in [0, 0.05) is 17.8 Å². The summed E-state index contributed by atoms with van der Waals surface area (Å²) >= 11 is 0. The van der Waals surface area contributed by atoms with Crippen LogP contribution in [0.4, 0.5) is 5.69 Å². The molecule has 0 fully saturated rings. The molecule has 1 amide bonds. The van der Waals surface area contributed by atoms with E-state index in [0.717, 1.165) is 10.8 Å². The van der Waals surface area contributed by atoms with Crippen LogP contribution < -0.4 is 5.32 Å². The Morgan fingerprint density at radius 1 is 1.28 bits per heavy atom. The first-order valence-corrected chi connectivity index (χ1v) is 5.22. The number of tetrazole rings is 1. The normalized spacial score (nSPS) is 10.4. The molecule has 3 rings (SSSR count). The largest absolute Gasteiger partial charge is 0.319 e. The average Bonchev–Trinajstić information content (AvgIpc) is 2.93. The van der Waals surface area contributed by atoms with Gasteiger partial charge in [-0.25, -0.2) is 0 Å². The number of rotatable bonds is 2. The number of pyridine rings is 1. The summed E-state index contributed by atoms with van der Waals surface area (Å²) in [5.41, 5.74) is 0.662. The van der Waals surface area contributed by atoms with Crippen LogP contribution in [0.15, 0.2) is 36.7 Å². The molecule has 3 aromatic rings. The van der Waals surface area contributed by atoms with Gasteiger partial charge in [0.25, 0.3) is 11.7 Å². The molecule has 1 aromatic carbocycles. The van der Waals surface area contributed by atoms with Gasteiger partial charge in [-0.15, -0.1) is 10.2 Å². The smallest absolute Gasteiger partial charge is 0.297 e. The average molecular weight is 240 g/mol. The molecule has 0 unspecified atom stereocenters. The summed E-state index contributed by atoms with van der Waals surface area (Å²) in [6, 6.07) is 7.47. The highest BCUT2D eigenvalue weighted by Gasteiger charge is 2.12. The molecular weight excluding hydrogens is 232 g/mol. The Balaban J connectivity index is 1.98. The highest BCUT2D eigenvalue weighted by molar-refractivity contribution is 6.07. The van der Waals surface area contributed by atoms with E-state index in [2.05, 4.69) is 30.9 Å². The third-order valence-electron chi connectivity index (χ3n) is 2.48. The Bertz CT molecular complexity index is 688. The number of hydrogen-bond acceptors (Lipinski definition) is 5. The molecule has 2 aromatic heterocycles. The van der Waals surface area contributed by atoms with E-state index in [9.17, 15) is 4.79 Å². The summed E-state index contributed by atoms with van der Waals surface area (Å²) < 4.78 is 0. The molecule has 2 heterocycles. The third kappa shape index (κ3) is 1.77. The zero-order chi connectivity index (χ0) is 12.4. The number of fused-ring (bicyclic) bond motifs is 1. The fraction of sp³-hybridized carbons (Fsp3) is 0. The third-order valence-corrected chi connectivity index (χ3v) is 2.48. The van der Waals surface area contributed by atoms with Crippen LogP contribution in [-0.2, 0) is 0 Å². The van der Waals surface area contributed by atoms with Crippen molar-refractivity contribution in [2.45, 2.75) is 0 Å². The number of carbonyl (C=O) groups excluding carboxylic acids is 1. The van der Waals surface area contributed by atoms with Gasteiger partial charge in [0.2, 0.25) is 0 Å². The molecule has 7 heteroatoms. The van der Waals surface area contributed by atoms with E-state index in [0.29, 0.717) is 5.69 Å². The van der Waals surface area contributed by atoms with E-state index in [1.807, 2.05) is 18.2 Å². The molecule has 0 aliphatic carbocycles. The van der Waals surface area contributed by atoms with E-state index in [1.54, 1.807) is 18.5 Å². The van der Waals surface area contributed by atoms with Crippen molar-refractivity contribution in [3.05, 3.63) is 42.5 Å². The number of carbonyl (C=O) groups is 1. The summed E-state index contributed by atoms with van der Waals surface area (Å²) in [6.07, 6.45) is 3.40. The van der Waals surface area contributed by atoms with Gasteiger partial charge in [0.15, 0.2) is 0 Å². The maximum atomic E-state index is 11.8. The maximum absolute atomic E-state index is 11.8. The van der Waals surface area contributed by atoms with Crippen LogP contribution >= 0.6 is 0 Å². The van der Waals surface area contributed by atoms with Crippen LogP contribution in [0.1, 0.15) is 10.6 Å². The van der Waals surface area contributed by atoms with Crippen LogP contribution in [0.25, 0.3) is 10.8 Å². The van der Waals surface area contributed by atoms with Crippen LogP contribution in [0.5, 0.6) is 0 Å². The fourth-order valence-corrected chi connectivity index (χ4v) is 1.66. The molecular formula is C11H8N6O. The summed E-state index contributed by atoms with van der Waals surface area (Å²) in [5, 5.41) is 17.4. The number of H-pyrrole nitrogens is 1. The molecule has 0 aliphatic rings. The standard InChI is InChI=1S/C11H8N6O/c18-11(10-14-16-17-15-10)13-9-3-1-2-7-4-5-12-6-8(7)9/h1-6H,(H,13,18)(H,14,15,16,17). The predicted molar refractivity (Wildman–Crippen MR) is 63.9 cm³/mol. The van der Waals surface area contributed by atoms with E-state index >= 15 is 0 Å². The lowest BCUT2D eigenvalue weighted by Crippen LogP contribution is -2.14. The number of aromatic nitrogens is 5. The van der Waals surface area contributed by atoms with E-state index in [4.69, 9.17) is 0 Å². The molecule has 7 nitrogen and oxygen atoms in total. The second-order valence-electron chi connectivity index (χ2n) is 3.59. The van der Waals surface area contributed by atoms with E-state index in [1.165, 1.54) is 0 Å². The molecule has 0 atom stereocenters. The minimum atomic E-state index is -0.417. The molecule has 0 aliphatic heterocycles. The molecule has 0 radical (unpaired) electrons. The quantitative estimate of drug-likeness (QED) is 0.696. The molecule has 0 saturated heterocycles. The Labute approximate surface area is 101 Å². The summed E-state index contributed by atoms with van der Waals surface area (Å²) in [6.45, 7) is 0. The Morgan fingerprint density at radius 3 is 3.06 bits per heavy atom. The van der Waals surface area contributed by atoms with Crippen molar-refractivity contribution in [2.75, 3.05) is 5.32 Å². The van der Waals surface area contributed by atoms with Crippen LogP contribution in [0, 0.1) is 0 Å². The minimum absolute atomic E-state index is 0.00380. The second-order valence-corrected chi connectivity index (χ2v) is 3.59. The van der Waals surface area contributed by atoms with Crippen molar-refractivity contribution in [3.63, 3.8) is 0 Å². The minimum Gasteiger partial charge on any atom is -0.319 e. The topological polar surface area (TPSA) is 96.5 Å². The van der Waals surface area contributed by atoms with Crippen molar-refractivity contribution in [1.82, 2.24) is 25.6 Å². The van der Waals surface area contributed by atoms with Gasteiger partial charge in [0.05, 0.1) is 5.69 Å². The van der Waals surface area contributed by atoms with Gasteiger partial charge >= 0.3 is 0 Å². The molecule has 18 heavy (non-hydrogen) atoms. The number of benzene rings is 1. The van der Waals surface area contributed by atoms with Crippen LogP contribution in [0.2, 0.25) is 0 Å². The maximum Gasteiger partial charge on any atom is 0.297 e. The van der Waals surface area contributed by atoms with Crippen LogP contribution in [-0.4, -0.2) is 31.5 Å². The fourth-order valence-electron chi connectivity index (χ4n) is 1.66. The van der Waals surface area contributed by atoms with Crippen molar-refractivity contribution in [1.29, 1.82) is 0 Å². The van der Waals surface area contributed by atoms with Gasteiger partial charge in [-0.1, -0.05) is 12.1 Å². The SMILES string of the molecule is O=C(Nc1cccc2ccncc12)c1nn[nH]n1. The lowest BCUT2D eigenvalue weighted by atomic mass is 10.1. The number of amides is 1. The number of nitrogens with one attached hydrogen (secondary N) is 2. The highest BCUT2D eigenvalue weighted by atomic mass is 16.2. The molecule has 2 N–H and O–H groups in total. The number of anilines is 1. The molecule has 0 spiro atoms. The Hall–Kier alpha value is -2.83. The number of hydrogen-bond donors (Lipinski definition) is 2.